The lowest BCUT2D eigenvalue weighted by atomic mass is 10.1. The van der Waals surface area contributed by atoms with Gasteiger partial charge < -0.3 is 0 Å². The minimum absolute atomic E-state index is 0.234. The minimum atomic E-state index is -0.268. The second-order valence-electron chi connectivity index (χ2n) is 5.70. The van der Waals surface area contributed by atoms with Gasteiger partial charge in [-0.05, 0) is 29.0 Å². The van der Waals surface area contributed by atoms with Gasteiger partial charge >= 0.3 is 0 Å². The van der Waals surface area contributed by atoms with Crippen LogP contribution in [0.2, 0.25) is 0 Å². The van der Waals surface area contributed by atoms with Gasteiger partial charge in [0, 0.05) is 22.4 Å². The molecular weight excluding hydrogens is 300 g/mol. The third-order valence-corrected chi connectivity index (χ3v) is 4.21. The Morgan fingerprint density at radius 3 is 1.75 bits per heavy atom. The highest BCUT2D eigenvalue weighted by atomic mass is 16.2. The van der Waals surface area contributed by atoms with E-state index in [1.807, 2.05) is 48.5 Å². The lowest BCUT2D eigenvalue weighted by molar-refractivity contribution is -0.378. The number of aromatic nitrogens is 2. The molecule has 24 heavy (non-hydrogen) atoms. The van der Waals surface area contributed by atoms with Crippen molar-refractivity contribution in [1.29, 1.82) is 0 Å². The summed E-state index contributed by atoms with van der Waals surface area (Å²) in [6.07, 6.45) is 3.59. The van der Waals surface area contributed by atoms with Gasteiger partial charge in [-0.25, -0.2) is 4.98 Å². The summed E-state index contributed by atoms with van der Waals surface area (Å²) in [6.45, 7) is 0.234. The molecular formula is C20H15N2O2+. The van der Waals surface area contributed by atoms with Crippen molar-refractivity contribution in [3.63, 3.8) is 0 Å². The number of aromatic amines is 1. The van der Waals surface area contributed by atoms with Gasteiger partial charge in [0.1, 0.15) is 0 Å². The molecule has 2 aromatic heterocycles. The standard InChI is InChI=1S/C20H14N2O2/c23-19-17-9-3-1-7-15(17)16-8-2-4-10-18(16)20(24)22(19)13-14-6-5-11-21-12-14/h1-12H,13H2/p+1. The lowest BCUT2D eigenvalue weighted by Crippen LogP contribution is -2.30. The van der Waals surface area contributed by atoms with Gasteiger partial charge in [-0.1, -0.05) is 36.4 Å². The van der Waals surface area contributed by atoms with Crippen molar-refractivity contribution in [1.82, 2.24) is 4.57 Å². The number of nitrogens with one attached hydrogen (secondary N) is 1. The Labute approximate surface area is 137 Å². The zero-order valence-corrected chi connectivity index (χ0v) is 12.9. The predicted octanol–water partition coefficient (Wildman–Crippen LogP) is 2.38. The van der Waals surface area contributed by atoms with E-state index in [1.54, 1.807) is 24.5 Å². The van der Waals surface area contributed by atoms with Crippen LogP contribution in [0.15, 0.2) is 82.6 Å². The number of nitrogens with zero attached hydrogens (tertiary/aromatic N) is 1. The van der Waals surface area contributed by atoms with Crippen LogP contribution in [-0.2, 0) is 6.54 Å². The summed E-state index contributed by atoms with van der Waals surface area (Å²) in [4.78, 5) is 29.0. The van der Waals surface area contributed by atoms with Gasteiger partial charge in [-0.2, -0.15) is 0 Å². The average Bonchev–Trinajstić information content (AvgIpc) is 2.73. The predicted molar refractivity (Wildman–Crippen MR) is 94.1 cm³/mol. The molecule has 0 saturated carbocycles. The summed E-state index contributed by atoms with van der Waals surface area (Å²) in [7, 11) is 0. The minimum Gasteiger partial charge on any atom is -0.270 e. The molecule has 0 aliphatic rings. The lowest BCUT2D eigenvalue weighted by Gasteiger charge is -2.00. The highest BCUT2D eigenvalue weighted by Crippen LogP contribution is 2.19. The Morgan fingerprint density at radius 1 is 0.708 bits per heavy atom. The summed E-state index contributed by atoms with van der Waals surface area (Å²) in [5.41, 5.74) is 0.336. The van der Waals surface area contributed by atoms with Crippen LogP contribution in [0, 0.1) is 0 Å². The first-order chi connectivity index (χ1) is 11.8. The van der Waals surface area contributed by atoms with Crippen LogP contribution in [0.25, 0.3) is 21.5 Å². The number of H-pyrrole nitrogens is 1. The number of hydrogen-bond donors (Lipinski definition) is 0. The maximum Gasteiger partial charge on any atom is 0.261 e. The molecule has 0 aliphatic carbocycles. The third-order valence-electron chi connectivity index (χ3n) is 4.21. The van der Waals surface area contributed by atoms with E-state index >= 15 is 0 Å². The van der Waals surface area contributed by atoms with Crippen LogP contribution in [0.5, 0.6) is 0 Å². The molecule has 0 spiro atoms. The fraction of sp³-hybridized carbons (Fsp3) is 0.0500. The Hall–Kier alpha value is -3.27. The molecule has 0 unspecified atom stereocenters. The summed E-state index contributed by atoms with van der Waals surface area (Å²) in [6, 6.07) is 18.5. The van der Waals surface area contributed by atoms with E-state index in [4.69, 9.17) is 0 Å². The first kappa shape index (κ1) is 14.3. The van der Waals surface area contributed by atoms with Crippen LogP contribution in [0.4, 0.5) is 0 Å². The molecule has 4 nitrogen and oxygen atoms in total. The molecule has 0 aliphatic heterocycles. The van der Waals surface area contributed by atoms with Gasteiger partial charge in [0.25, 0.3) is 11.1 Å². The van der Waals surface area contributed by atoms with E-state index in [0.29, 0.717) is 10.8 Å². The van der Waals surface area contributed by atoms with Crippen molar-refractivity contribution in [3.05, 3.63) is 99.3 Å². The molecule has 4 aromatic rings. The second-order valence-corrected chi connectivity index (χ2v) is 5.70. The van der Waals surface area contributed by atoms with Crippen molar-refractivity contribution in [3.8, 4) is 0 Å². The summed E-state index contributed by atoms with van der Waals surface area (Å²) < 4.78 is 1.31. The maximum atomic E-state index is 13.0. The van der Waals surface area contributed by atoms with Crippen LogP contribution < -0.4 is 16.1 Å². The normalized spacial score (nSPS) is 11.0. The number of rotatable bonds is 2. The van der Waals surface area contributed by atoms with E-state index in [0.717, 1.165) is 16.3 Å². The second kappa shape index (κ2) is 5.74. The monoisotopic (exact) mass is 315 g/mol. The molecule has 116 valence electrons. The van der Waals surface area contributed by atoms with E-state index in [2.05, 4.69) is 4.98 Å². The molecule has 2 heterocycles. The van der Waals surface area contributed by atoms with Gasteiger partial charge in [0.05, 0.1) is 6.54 Å². The van der Waals surface area contributed by atoms with Crippen LogP contribution >= 0.6 is 0 Å². The molecule has 2 aromatic carbocycles. The van der Waals surface area contributed by atoms with E-state index in [-0.39, 0.29) is 17.7 Å². The summed E-state index contributed by atoms with van der Waals surface area (Å²) in [5, 5.41) is 2.70. The Bertz CT molecular complexity index is 1090. The fourth-order valence-corrected chi connectivity index (χ4v) is 3.05. The summed E-state index contributed by atoms with van der Waals surface area (Å²) in [5.74, 6) is 0. The molecule has 0 saturated heterocycles. The number of pyridine rings is 1. The first-order valence-electron chi connectivity index (χ1n) is 7.75. The SMILES string of the molecule is O=c1c2ccccc2c2ccccc2c(=O)n1Cc1ccc[nH+]c1. The highest BCUT2D eigenvalue weighted by molar-refractivity contribution is 6.05. The fourth-order valence-electron chi connectivity index (χ4n) is 3.05. The molecule has 0 fully saturated rings. The summed E-state index contributed by atoms with van der Waals surface area (Å²) >= 11 is 0. The van der Waals surface area contributed by atoms with Crippen molar-refractivity contribution in [2.24, 2.45) is 0 Å². The van der Waals surface area contributed by atoms with Crippen molar-refractivity contribution in [2.45, 2.75) is 6.54 Å². The van der Waals surface area contributed by atoms with Crippen molar-refractivity contribution in [2.75, 3.05) is 0 Å². The largest absolute Gasteiger partial charge is 0.270 e. The van der Waals surface area contributed by atoms with E-state index < -0.39 is 0 Å². The molecule has 4 rings (SSSR count). The molecule has 0 amide bonds. The van der Waals surface area contributed by atoms with Gasteiger partial charge in [0.15, 0.2) is 12.4 Å². The topological polar surface area (TPSA) is 53.2 Å². The highest BCUT2D eigenvalue weighted by Gasteiger charge is 2.11. The Morgan fingerprint density at radius 2 is 1.25 bits per heavy atom. The molecule has 0 radical (unpaired) electrons. The average molecular weight is 315 g/mol. The van der Waals surface area contributed by atoms with Crippen molar-refractivity contribution < 1.29 is 4.98 Å². The van der Waals surface area contributed by atoms with Crippen LogP contribution in [-0.4, -0.2) is 4.57 Å². The molecule has 0 bridgehead atoms. The van der Waals surface area contributed by atoms with Gasteiger partial charge in [0.2, 0.25) is 0 Å². The van der Waals surface area contributed by atoms with Gasteiger partial charge in [-0.15, -0.1) is 0 Å². The van der Waals surface area contributed by atoms with Crippen molar-refractivity contribution >= 4 is 21.5 Å². The number of fused-ring (bicyclic) bond motifs is 3. The molecule has 4 heteroatoms. The third kappa shape index (κ3) is 2.29. The smallest absolute Gasteiger partial charge is 0.261 e. The Balaban J connectivity index is 2.17. The quantitative estimate of drug-likeness (QED) is 0.570. The van der Waals surface area contributed by atoms with E-state index in [9.17, 15) is 9.59 Å². The number of benzene rings is 2. The number of hydrogen-bond acceptors (Lipinski definition) is 2. The van der Waals surface area contributed by atoms with Crippen LogP contribution in [0.1, 0.15) is 5.56 Å². The zero-order valence-electron chi connectivity index (χ0n) is 12.9. The van der Waals surface area contributed by atoms with Crippen LogP contribution in [0.3, 0.4) is 0 Å². The molecule has 1 N–H and O–H groups in total. The zero-order chi connectivity index (χ0) is 16.5. The maximum absolute atomic E-state index is 13.0. The van der Waals surface area contributed by atoms with E-state index in [1.165, 1.54) is 4.57 Å². The van der Waals surface area contributed by atoms with Gasteiger partial charge in [-0.3, -0.25) is 14.2 Å². The Kier molecular flexibility index (Phi) is 3.43. The first-order valence-corrected chi connectivity index (χ1v) is 7.75. The molecule has 0 atom stereocenters.